The Labute approximate surface area is 157 Å². The molecule has 0 saturated heterocycles. The van der Waals surface area contributed by atoms with Crippen LogP contribution in [-0.4, -0.2) is 0 Å². The van der Waals surface area contributed by atoms with Gasteiger partial charge < -0.3 is 0 Å². The molecule has 0 amide bonds. The van der Waals surface area contributed by atoms with Crippen molar-refractivity contribution in [2.45, 2.75) is 5.92 Å². The molecular weight excluding hydrogens is 359 g/mol. The first-order chi connectivity index (χ1) is 11.6. The molecule has 0 radical (unpaired) electrons. The molecule has 0 nitrogen and oxygen atoms in total. The standard InChI is InChI=1S/C21H15Cl3/c22-18-10-6-16(7-11-18)20(15-4-2-1-3-5-15)14-21(24)17-8-12-19(23)13-9-17/h1-14,20H. The first-order valence-corrected chi connectivity index (χ1v) is 8.70. The Morgan fingerprint density at radius 2 is 1.17 bits per heavy atom. The number of halogens is 3. The topological polar surface area (TPSA) is 0 Å². The second-order valence-corrected chi connectivity index (χ2v) is 6.74. The quantitative estimate of drug-likeness (QED) is 0.446. The van der Waals surface area contributed by atoms with Crippen LogP contribution in [-0.2, 0) is 0 Å². The number of hydrogen-bond acceptors (Lipinski definition) is 0. The summed E-state index contributed by atoms with van der Waals surface area (Å²) in [5, 5.41) is 2.11. The van der Waals surface area contributed by atoms with Gasteiger partial charge in [-0.15, -0.1) is 0 Å². The van der Waals surface area contributed by atoms with Crippen LogP contribution in [0.2, 0.25) is 10.0 Å². The molecule has 0 N–H and O–H groups in total. The van der Waals surface area contributed by atoms with E-state index in [1.54, 1.807) is 0 Å². The minimum absolute atomic E-state index is 0.0478. The molecular formula is C21H15Cl3. The third kappa shape index (κ3) is 4.21. The van der Waals surface area contributed by atoms with E-state index in [0.29, 0.717) is 10.1 Å². The zero-order valence-electron chi connectivity index (χ0n) is 12.8. The lowest BCUT2D eigenvalue weighted by molar-refractivity contribution is 1.03. The largest absolute Gasteiger partial charge is 0.0843 e. The molecule has 3 heteroatoms. The van der Waals surface area contributed by atoms with Gasteiger partial charge in [-0.25, -0.2) is 0 Å². The van der Waals surface area contributed by atoms with Gasteiger partial charge in [0.2, 0.25) is 0 Å². The number of rotatable bonds is 4. The summed E-state index contributed by atoms with van der Waals surface area (Å²) in [6.45, 7) is 0. The molecule has 3 rings (SSSR count). The molecule has 1 atom stereocenters. The molecule has 0 fully saturated rings. The molecule has 0 aliphatic rings. The Hall–Kier alpha value is -1.73. The third-order valence-corrected chi connectivity index (χ3v) is 4.67. The van der Waals surface area contributed by atoms with Gasteiger partial charge in [-0.05, 0) is 41.0 Å². The fourth-order valence-corrected chi connectivity index (χ4v) is 3.07. The number of hydrogen-bond donors (Lipinski definition) is 0. The highest BCUT2D eigenvalue weighted by Gasteiger charge is 2.13. The van der Waals surface area contributed by atoms with Crippen molar-refractivity contribution in [3.63, 3.8) is 0 Å². The van der Waals surface area contributed by atoms with Crippen molar-refractivity contribution in [1.82, 2.24) is 0 Å². The van der Waals surface area contributed by atoms with Crippen LogP contribution in [0.4, 0.5) is 0 Å². The van der Waals surface area contributed by atoms with E-state index in [0.717, 1.165) is 16.1 Å². The van der Waals surface area contributed by atoms with Gasteiger partial charge in [0.05, 0.1) is 0 Å². The Balaban J connectivity index is 2.03. The summed E-state index contributed by atoms with van der Waals surface area (Å²) in [4.78, 5) is 0. The lowest BCUT2D eigenvalue weighted by Gasteiger charge is -2.15. The molecule has 0 saturated carbocycles. The number of allylic oxidation sites excluding steroid dienone is 1. The van der Waals surface area contributed by atoms with Crippen molar-refractivity contribution >= 4 is 39.8 Å². The summed E-state index contributed by atoms with van der Waals surface area (Å²) in [7, 11) is 0. The van der Waals surface area contributed by atoms with Gasteiger partial charge in [0.1, 0.15) is 0 Å². The average molecular weight is 374 g/mol. The first-order valence-electron chi connectivity index (χ1n) is 7.57. The molecule has 0 aliphatic carbocycles. The maximum atomic E-state index is 6.58. The summed E-state index contributed by atoms with van der Waals surface area (Å²) < 4.78 is 0. The summed E-state index contributed by atoms with van der Waals surface area (Å²) in [6.07, 6.45) is 2.06. The monoisotopic (exact) mass is 372 g/mol. The highest BCUT2D eigenvalue weighted by atomic mass is 35.5. The molecule has 0 aromatic heterocycles. The predicted octanol–water partition coefficient (Wildman–Crippen LogP) is 7.41. The molecule has 120 valence electrons. The van der Waals surface area contributed by atoms with Crippen molar-refractivity contribution in [3.05, 3.63) is 112 Å². The molecule has 3 aromatic rings. The van der Waals surface area contributed by atoms with Gasteiger partial charge in [0.25, 0.3) is 0 Å². The Morgan fingerprint density at radius 3 is 1.75 bits per heavy atom. The number of benzene rings is 3. The minimum atomic E-state index is 0.0478. The highest BCUT2D eigenvalue weighted by molar-refractivity contribution is 6.48. The van der Waals surface area contributed by atoms with Gasteiger partial charge in [-0.2, -0.15) is 0 Å². The zero-order chi connectivity index (χ0) is 16.9. The van der Waals surface area contributed by atoms with Crippen LogP contribution in [0.3, 0.4) is 0 Å². The molecule has 0 spiro atoms. The van der Waals surface area contributed by atoms with Gasteiger partial charge in [0.15, 0.2) is 0 Å². The van der Waals surface area contributed by atoms with Gasteiger partial charge in [-0.1, -0.05) is 95.5 Å². The lowest BCUT2D eigenvalue weighted by atomic mass is 9.90. The normalized spacial score (nSPS) is 12.9. The van der Waals surface area contributed by atoms with Gasteiger partial charge >= 0.3 is 0 Å². The smallest absolute Gasteiger partial charge is 0.0448 e. The molecule has 0 bridgehead atoms. The fraction of sp³-hybridized carbons (Fsp3) is 0.0476. The summed E-state index contributed by atoms with van der Waals surface area (Å²) in [5.74, 6) is 0.0478. The van der Waals surface area contributed by atoms with Crippen molar-refractivity contribution in [3.8, 4) is 0 Å². The average Bonchev–Trinajstić information content (AvgIpc) is 2.62. The van der Waals surface area contributed by atoms with Gasteiger partial charge in [0, 0.05) is 21.0 Å². The molecule has 24 heavy (non-hydrogen) atoms. The van der Waals surface area contributed by atoms with E-state index in [4.69, 9.17) is 34.8 Å². The van der Waals surface area contributed by atoms with E-state index in [1.165, 1.54) is 5.56 Å². The van der Waals surface area contributed by atoms with E-state index >= 15 is 0 Å². The SMILES string of the molecule is ClC(=CC(c1ccccc1)c1ccc(Cl)cc1)c1ccc(Cl)cc1. The van der Waals surface area contributed by atoms with Crippen LogP contribution in [0.25, 0.3) is 5.03 Å². The first kappa shape index (κ1) is 17.1. The van der Waals surface area contributed by atoms with Crippen LogP contribution in [0.1, 0.15) is 22.6 Å². The predicted molar refractivity (Wildman–Crippen MR) is 105 cm³/mol. The van der Waals surface area contributed by atoms with Crippen molar-refractivity contribution < 1.29 is 0 Å². The molecule has 3 aromatic carbocycles. The highest BCUT2D eigenvalue weighted by Crippen LogP contribution is 2.32. The van der Waals surface area contributed by atoms with E-state index in [2.05, 4.69) is 18.2 Å². The van der Waals surface area contributed by atoms with Crippen LogP contribution in [0, 0.1) is 0 Å². The maximum Gasteiger partial charge on any atom is 0.0448 e. The second-order valence-electron chi connectivity index (χ2n) is 5.46. The molecule has 1 unspecified atom stereocenters. The van der Waals surface area contributed by atoms with Crippen LogP contribution in [0.5, 0.6) is 0 Å². The van der Waals surface area contributed by atoms with Crippen LogP contribution in [0.15, 0.2) is 84.9 Å². The van der Waals surface area contributed by atoms with Crippen LogP contribution >= 0.6 is 34.8 Å². The zero-order valence-corrected chi connectivity index (χ0v) is 15.1. The van der Waals surface area contributed by atoms with E-state index in [1.807, 2.05) is 66.7 Å². The Bertz CT molecular complexity index is 819. The minimum Gasteiger partial charge on any atom is -0.0843 e. The maximum absolute atomic E-state index is 6.58. The van der Waals surface area contributed by atoms with E-state index < -0.39 is 0 Å². The summed E-state index contributed by atoms with van der Waals surface area (Å²) >= 11 is 18.6. The second kappa shape index (κ2) is 7.90. The Kier molecular flexibility index (Phi) is 5.63. The van der Waals surface area contributed by atoms with Crippen molar-refractivity contribution in [2.24, 2.45) is 0 Å². The summed E-state index contributed by atoms with van der Waals surface area (Å²) in [5.41, 5.74) is 3.25. The van der Waals surface area contributed by atoms with Crippen molar-refractivity contribution in [2.75, 3.05) is 0 Å². The molecule has 0 heterocycles. The summed E-state index contributed by atoms with van der Waals surface area (Å²) in [6, 6.07) is 25.6. The van der Waals surface area contributed by atoms with E-state index in [-0.39, 0.29) is 5.92 Å². The third-order valence-electron chi connectivity index (χ3n) is 3.82. The van der Waals surface area contributed by atoms with Crippen molar-refractivity contribution in [1.29, 1.82) is 0 Å². The lowest BCUT2D eigenvalue weighted by Crippen LogP contribution is -1.98. The van der Waals surface area contributed by atoms with Gasteiger partial charge in [-0.3, -0.25) is 0 Å². The molecule has 0 aliphatic heterocycles. The van der Waals surface area contributed by atoms with Crippen LogP contribution < -0.4 is 0 Å². The Morgan fingerprint density at radius 1 is 0.667 bits per heavy atom. The van der Waals surface area contributed by atoms with E-state index in [9.17, 15) is 0 Å². The fourth-order valence-electron chi connectivity index (χ4n) is 2.57.